The summed E-state index contributed by atoms with van der Waals surface area (Å²) in [4.78, 5) is 30.9. The summed E-state index contributed by atoms with van der Waals surface area (Å²) in [6.45, 7) is 9.74. The predicted octanol–water partition coefficient (Wildman–Crippen LogP) is 6.07. The van der Waals surface area contributed by atoms with Crippen LogP contribution in [-0.2, 0) is 24.4 Å². The summed E-state index contributed by atoms with van der Waals surface area (Å²) in [6.07, 6.45) is 3.44. The molecule has 2 amide bonds. The molecule has 0 saturated carbocycles. The molecular formula is C35H45N3O4. The second kappa shape index (κ2) is 14.9. The SMILES string of the molecule is CCC(CC)C(=O)N(Cc1ccc(C(=O)NCc2cccc(C)c2)cc1)C1CCN(Cc2ccc(OC)c(O)c2)CC1. The molecule has 7 nitrogen and oxygen atoms in total. The molecule has 0 aromatic heterocycles. The van der Waals surface area contributed by atoms with Gasteiger partial charge in [-0.25, -0.2) is 0 Å². The van der Waals surface area contributed by atoms with Crippen molar-refractivity contribution < 1.29 is 19.4 Å². The van der Waals surface area contributed by atoms with E-state index in [9.17, 15) is 14.7 Å². The average Bonchev–Trinajstić information content (AvgIpc) is 3.00. The highest BCUT2D eigenvalue weighted by molar-refractivity contribution is 5.94. The molecule has 1 saturated heterocycles. The van der Waals surface area contributed by atoms with E-state index in [-0.39, 0.29) is 29.5 Å². The fourth-order valence-electron chi connectivity index (χ4n) is 5.81. The van der Waals surface area contributed by atoms with Crippen LogP contribution in [0.15, 0.2) is 66.7 Å². The minimum atomic E-state index is -0.106. The molecule has 1 heterocycles. The first-order valence-corrected chi connectivity index (χ1v) is 15.1. The summed E-state index contributed by atoms with van der Waals surface area (Å²) < 4.78 is 5.17. The number of hydrogen-bond acceptors (Lipinski definition) is 5. The highest BCUT2D eigenvalue weighted by Gasteiger charge is 2.31. The molecule has 42 heavy (non-hydrogen) atoms. The van der Waals surface area contributed by atoms with Gasteiger partial charge < -0.3 is 20.1 Å². The number of piperidine rings is 1. The van der Waals surface area contributed by atoms with Crippen molar-refractivity contribution in [1.29, 1.82) is 0 Å². The van der Waals surface area contributed by atoms with Gasteiger partial charge in [-0.05, 0) is 73.6 Å². The van der Waals surface area contributed by atoms with Gasteiger partial charge in [-0.2, -0.15) is 0 Å². The molecule has 2 N–H and O–H groups in total. The van der Waals surface area contributed by atoms with Crippen LogP contribution in [0.1, 0.15) is 72.1 Å². The van der Waals surface area contributed by atoms with Crippen LogP contribution in [0.25, 0.3) is 0 Å². The molecule has 0 aliphatic carbocycles. The zero-order chi connectivity index (χ0) is 30.1. The van der Waals surface area contributed by atoms with Crippen molar-refractivity contribution in [2.45, 2.75) is 72.1 Å². The van der Waals surface area contributed by atoms with Gasteiger partial charge in [0.25, 0.3) is 5.91 Å². The average molecular weight is 572 g/mol. The lowest BCUT2D eigenvalue weighted by Crippen LogP contribution is -2.48. The van der Waals surface area contributed by atoms with Crippen molar-refractivity contribution in [2.24, 2.45) is 5.92 Å². The van der Waals surface area contributed by atoms with Gasteiger partial charge in [0.15, 0.2) is 11.5 Å². The van der Waals surface area contributed by atoms with Crippen LogP contribution in [0.3, 0.4) is 0 Å². The van der Waals surface area contributed by atoms with Gasteiger partial charge in [0.05, 0.1) is 7.11 Å². The van der Waals surface area contributed by atoms with E-state index in [0.717, 1.165) is 62.0 Å². The number of rotatable bonds is 12. The van der Waals surface area contributed by atoms with Gasteiger partial charge in [0, 0.05) is 50.2 Å². The first-order valence-electron chi connectivity index (χ1n) is 15.1. The van der Waals surface area contributed by atoms with Crippen molar-refractivity contribution in [2.75, 3.05) is 20.2 Å². The molecule has 1 aliphatic rings. The molecule has 7 heteroatoms. The second-order valence-electron chi connectivity index (χ2n) is 11.4. The number of benzene rings is 3. The lowest BCUT2D eigenvalue weighted by Gasteiger charge is -2.40. The van der Waals surface area contributed by atoms with E-state index in [1.54, 1.807) is 19.2 Å². The number of likely N-dealkylation sites (tertiary alicyclic amines) is 1. The van der Waals surface area contributed by atoms with Gasteiger partial charge in [0.1, 0.15) is 0 Å². The largest absolute Gasteiger partial charge is 0.504 e. The van der Waals surface area contributed by atoms with E-state index in [1.165, 1.54) is 5.56 Å². The van der Waals surface area contributed by atoms with E-state index < -0.39 is 0 Å². The van der Waals surface area contributed by atoms with Crippen LogP contribution in [0.4, 0.5) is 0 Å². The zero-order valence-corrected chi connectivity index (χ0v) is 25.4. The van der Waals surface area contributed by atoms with Gasteiger partial charge in [-0.3, -0.25) is 14.5 Å². The minimum absolute atomic E-state index is 0.0111. The Morgan fingerprint density at radius 2 is 1.67 bits per heavy atom. The summed E-state index contributed by atoms with van der Waals surface area (Å²) in [5, 5.41) is 13.2. The fourth-order valence-corrected chi connectivity index (χ4v) is 5.81. The molecule has 0 unspecified atom stereocenters. The maximum absolute atomic E-state index is 13.7. The van der Waals surface area contributed by atoms with Gasteiger partial charge >= 0.3 is 0 Å². The third kappa shape index (κ3) is 8.13. The molecule has 3 aromatic carbocycles. The topological polar surface area (TPSA) is 82.1 Å². The zero-order valence-electron chi connectivity index (χ0n) is 25.4. The van der Waals surface area contributed by atoms with Crippen LogP contribution >= 0.6 is 0 Å². The van der Waals surface area contributed by atoms with E-state index in [0.29, 0.717) is 24.4 Å². The fraction of sp³-hybridized carbons (Fsp3) is 0.429. The first-order chi connectivity index (χ1) is 20.3. The number of hydrogen-bond donors (Lipinski definition) is 2. The Bertz CT molecular complexity index is 1330. The Morgan fingerprint density at radius 1 is 0.976 bits per heavy atom. The first kappa shape index (κ1) is 31.1. The van der Waals surface area contributed by atoms with Crippen LogP contribution < -0.4 is 10.1 Å². The van der Waals surface area contributed by atoms with Crippen molar-refractivity contribution in [3.8, 4) is 11.5 Å². The van der Waals surface area contributed by atoms with E-state index in [4.69, 9.17) is 4.74 Å². The Labute approximate surface area is 250 Å². The molecule has 224 valence electrons. The van der Waals surface area contributed by atoms with E-state index >= 15 is 0 Å². The molecule has 0 bridgehead atoms. The highest BCUT2D eigenvalue weighted by Crippen LogP contribution is 2.28. The predicted molar refractivity (Wildman–Crippen MR) is 166 cm³/mol. The van der Waals surface area contributed by atoms with E-state index in [2.05, 4.69) is 35.0 Å². The molecule has 1 aliphatic heterocycles. The molecule has 4 rings (SSSR count). The van der Waals surface area contributed by atoms with Gasteiger partial charge in [0.2, 0.25) is 5.91 Å². The number of aromatic hydroxyl groups is 1. The Hall–Kier alpha value is -3.84. The van der Waals surface area contributed by atoms with Crippen molar-refractivity contribution >= 4 is 11.8 Å². The lowest BCUT2D eigenvalue weighted by molar-refractivity contribution is -0.140. The number of aryl methyl sites for hydroxylation is 1. The molecule has 0 atom stereocenters. The van der Waals surface area contributed by atoms with Crippen LogP contribution in [0.2, 0.25) is 0 Å². The Kier molecular flexibility index (Phi) is 11.0. The molecule has 1 fully saturated rings. The summed E-state index contributed by atoms with van der Waals surface area (Å²) in [5.74, 6) is 0.756. The number of phenolic OH excluding ortho intramolecular Hbond substituents is 1. The standard InChI is InChI=1S/C35H45N3O4/c1-5-29(6-2)35(41)38(31-16-18-37(19-17-31)23-28-12-15-33(42-4)32(39)21-28)24-26-10-13-30(14-11-26)34(40)36-22-27-9-7-8-25(3)20-27/h7-15,20-21,29,31,39H,5-6,16-19,22-24H2,1-4H3,(H,36,40). The number of nitrogens with one attached hydrogen (secondary N) is 1. The summed E-state index contributed by atoms with van der Waals surface area (Å²) in [7, 11) is 1.55. The third-order valence-electron chi connectivity index (χ3n) is 8.37. The maximum atomic E-state index is 13.7. The number of ether oxygens (including phenoxy) is 1. The summed E-state index contributed by atoms with van der Waals surface area (Å²) in [6, 6.07) is 21.5. The van der Waals surface area contributed by atoms with Crippen LogP contribution in [0, 0.1) is 12.8 Å². The van der Waals surface area contributed by atoms with Crippen LogP contribution in [0.5, 0.6) is 11.5 Å². The lowest BCUT2D eigenvalue weighted by atomic mass is 9.96. The number of phenols is 1. The normalized spacial score (nSPS) is 14.1. The Balaban J connectivity index is 1.38. The highest BCUT2D eigenvalue weighted by atomic mass is 16.5. The second-order valence-corrected chi connectivity index (χ2v) is 11.4. The molecular weight excluding hydrogens is 526 g/mol. The molecule has 0 spiro atoms. The van der Waals surface area contributed by atoms with Gasteiger partial charge in [-0.15, -0.1) is 0 Å². The Morgan fingerprint density at radius 3 is 2.29 bits per heavy atom. The van der Waals surface area contributed by atoms with E-state index in [1.807, 2.05) is 55.5 Å². The summed E-state index contributed by atoms with van der Waals surface area (Å²) >= 11 is 0. The number of nitrogens with zero attached hydrogens (tertiary/aromatic N) is 2. The number of amides is 2. The summed E-state index contributed by atoms with van der Waals surface area (Å²) in [5.41, 5.74) is 4.92. The number of carbonyl (C=O) groups is 2. The van der Waals surface area contributed by atoms with Crippen molar-refractivity contribution in [3.63, 3.8) is 0 Å². The number of methoxy groups -OCH3 is 1. The van der Waals surface area contributed by atoms with Gasteiger partial charge in [-0.1, -0.05) is 61.9 Å². The molecule has 0 radical (unpaired) electrons. The quantitative estimate of drug-likeness (QED) is 0.276. The monoisotopic (exact) mass is 571 g/mol. The van der Waals surface area contributed by atoms with Crippen molar-refractivity contribution in [1.82, 2.24) is 15.1 Å². The smallest absolute Gasteiger partial charge is 0.251 e. The number of carbonyl (C=O) groups excluding carboxylic acids is 2. The maximum Gasteiger partial charge on any atom is 0.251 e. The third-order valence-corrected chi connectivity index (χ3v) is 8.37. The minimum Gasteiger partial charge on any atom is -0.504 e. The molecule has 3 aromatic rings. The van der Waals surface area contributed by atoms with Crippen LogP contribution in [-0.4, -0.2) is 53.0 Å². The van der Waals surface area contributed by atoms with Crippen molar-refractivity contribution in [3.05, 3.63) is 94.5 Å².